The van der Waals surface area contributed by atoms with Gasteiger partial charge in [0.2, 0.25) is 0 Å². The first-order valence-corrected chi connectivity index (χ1v) is 9.16. The summed E-state index contributed by atoms with van der Waals surface area (Å²) in [5.74, 6) is -0.174. The van der Waals surface area contributed by atoms with Gasteiger partial charge in [-0.05, 0) is 42.3 Å². The zero-order chi connectivity index (χ0) is 20.8. The van der Waals surface area contributed by atoms with Crippen LogP contribution in [0.4, 0.5) is 0 Å². The molecule has 2 aromatic rings. The molecular formula is C22H23NO6. The first kappa shape index (κ1) is 20.3. The molecule has 1 unspecified atom stereocenters. The number of amides is 1. The Morgan fingerprint density at radius 2 is 1.97 bits per heavy atom. The number of ether oxygens (including phenoxy) is 3. The third-order valence-electron chi connectivity index (χ3n) is 4.74. The summed E-state index contributed by atoms with van der Waals surface area (Å²) in [5, 5.41) is 12.3. The molecule has 1 aliphatic rings. The number of hydrogen-bond acceptors (Lipinski definition) is 5. The van der Waals surface area contributed by atoms with Gasteiger partial charge in [-0.3, -0.25) is 9.59 Å². The molecule has 2 aromatic carbocycles. The van der Waals surface area contributed by atoms with Crippen molar-refractivity contribution in [3.8, 4) is 17.2 Å². The molecule has 152 valence electrons. The van der Waals surface area contributed by atoms with Crippen molar-refractivity contribution in [3.05, 3.63) is 59.2 Å². The van der Waals surface area contributed by atoms with Crippen LogP contribution in [0.1, 0.15) is 11.1 Å². The van der Waals surface area contributed by atoms with Gasteiger partial charge in [0.15, 0.2) is 0 Å². The molecule has 1 amide bonds. The molecule has 0 bridgehead atoms. The molecule has 1 atom stereocenters. The van der Waals surface area contributed by atoms with Crippen LogP contribution in [0.2, 0.25) is 0 Å². The fourth-order valence-electron chi connectivity index (χ4n) is 3.13. The van der Waals surface area contributed by atoms with E-state index in [2.05, 4.69) is 5.32 Å². The third-order valence-corrected chi connectivity index (χ3v) is 4.74. The summed E-state index contributed by atoms with van der Waals surface area (Å²) in [7, 11) is 3.11. The minimum Gasteiger partial charge on any atom is -0.497 e. The van der Waals surface area contributed by atoms with Crippen molar-refractivity contribution in [2.24, 2.45) is 5.92 Å². The van der Waals surface area contributed by atoms with E-state index in [1.165, 1.54) is 0 Å². The van der Waals surface area contributed by atoms with E-state index < -0.39 is 11.9 Å². The lowest BCUT2D eigenvalue weighted by molar-refractivity contribution is -0.141. The highest BCUT2D eigenvalue weighted by molar-refractivity contribution is 5.99. The van der Waals surface area contributed by atoms with Gasteiger partial charge in [0.05, 0.1) is 25.7 Å². The van der Waals surface area contributed by atoms with Crippen LogP contribution in [0.25, 0.3) is 6.08 Å². The van der Waals surface area contributed by atoms with Gasteiger partial charge in [-0.25, -0.2) is 0 Å². The standard InChI is InChI=1S/C22H23NO6/c1-27-18-7-8-20-15(11-18)10-17(13-29-20)21(24)23-12-16(22(25)26)9-14-5-3-4-6-19(14)28-2/h3-8,10-11,16H,9,12-13H2,1-2H3,(H,23,24)(H,25,26). The SMILES string of the molecule is COc1ccc2c(c1)C=C(C(=O)NCC(Cc1ccccc1OC)C(=O)O)CO2. The third kappa shape index (κ3) is 4.87. The predicted molar refractivity (Wildman–Crippen MR) is 107 cm³/mol. The maximum atomic E-state index is 12.6. The molecule has 1 heterocycles. The Morgan fingerprint density at radius 1 is 1.17 bits per heavy atom. The minimum atomic E-state index is -0.986. The van der Waals surface area contributed by atoms with Gasteiger partial charge in [0, 0.05) is 12.1 Å². The van der Waals surface area contributed by atoms with Crippen molar-refractivity contribution in [1.29, 1.82) is 0 Å². The van der Waals surface area contributed by atoms with Crippen molar-refractivity contribution in [2.45, 2.75) is 6.42 Å². The van der Waals surface area contributed by atoms with E-state index in [0.717, 1.165) is 11.1 Å². The van der Waals surface area contributed by atoms with Crippen LogP contribution in [0.3, 0.4) is 0 Å². The molecule has 0 aliphatic carbocycles. The van der Waals surface area contributed by atoms with Gasteiger partial charge < -0.3 is 24.6 Å². The normalized spacial score (nSPS) is 13.4. The van der Waals surface area contributed by atoms with E-state index in [1.54, 1.807) is 44.6 Å². The monoisotopic (exact) mass is 397 g/mol. The van der Waals surface area contributed by atoms with E-state index in [0.29, 0.717) is 22.8 Å². The maximum Gasteiger partial charge on any atom is 0.308 e. The Bertz CT molecular complexity index is 937. The number of carboxylic acid groups (broad SMARTS) is 1. The van der Waals surface area contributed by atoms with Crippen LogP contribution in [0.5, 0.6) is 17.2 Å². The second-order valence-corrected chi connectivity index (χ2v) is 6.62. The van der Waals surface area contributed by atoms with E-state index in [1.807, 2.05) is 18.2 Å². The van der Waals surface area contributed by atoms with Crippen molar-refractivity contribution >= 4 is 18.0 Å². The average molecular weight is 397 g/mol. The minimum absolute atomic E-state index is 0.00543. The number of carboxylic acids is 1. The molecule has 0 spiro atoms. The van der Waals surface area contributed by atoms with Crippen LogP contribution >= 0.6 is 0 Å². The van der Waals surface area contributed by atoms with Gasteiger partial charge in [-0.15, -0.1) is 0 Å². The molecule has 3 rings (SSSR count). The quantitative estimate of drug-likeness (QED) is 0.711. The first-order chi connectivity index (χ1) is 14.0. The van der Waals surface area contributed by atoms with E-state index in [4.69, 9.17) is 14.2 Å². The lowest BCUT2D eigenvalue weighted by Crippen LogP contribution is -2.36. The zero-order valence-electron chi connectivity index (χ0n) is 16.3. The van der Waals surface area contributed by atoms with Crippen LogP contribution < -0.4 is 19.5 Å². The van der Waals surface area contributed by atoms with Gasteiger partial charge in [-0.1, -0.05) is 18.2 Å². The van der Waals surface area contributed by atoms with Gasteiger partial charge in [0.1, 0.15) is 23.9 Å². The highest BCUT2D eigenvalue weighted by Crippen LogP contribution is 2.30. The largest absolute Gasteiger partial charge is 0.497 e. The Labute approximate surface area is 168 Å². The second-order valence-electron chi connectivity index (χ2n) is 6.62. The van der Waals surface area contributed by atoms with E-state index >= 15 is 0 Å². The molecule has 0 fully saturated rings. The van der Waals surface area contributed by atoms with Crippen LogP contribution in [0, 0.1) is 5.92 Å². The smallest absolute Gasteiger partial charge is 0.308 e. The summed E-state index contributed by atoms with van der Waals surface area (Å²) in [5.41, 5.74) is 1.94. The summed E-state index contributed by atoms with van der Waals surface area (Å²) in [6.45, 7) is 0.115. The van der Waals surface area contributed by atoms with Gasteiger partial charge in [-0.2, -0.15) is 0 Å². The summed E-state index contributed by atoms with van der Waals surface area (Å²) in [4.78, 5) is 24.2. The number of hydrogen-bond donors (Lipinski definition) is 2. The van der Waals surface area contributed by atoms with Crippen LogP contribution in [-0.4, -0.2) is 44.4 Å². The van der Waals surface area contributed by atoms with Gasteiger partial charge in [0.25, 0.3) is 5.91 Å². The van der Waals surface area contributed by atoms with Crippen molar-refractivity contribution in [3.63, 3.8) is 0 Å². The topological polar surface area (TPSA) is 94.1 Å². The molecule has 7 heteroatoms. The Kier molecular flexibility index (Phi) is 6.39. The lowest BCUT2D eigenvalue weighted by atomic mass is 9.98. The highest BCUT2D eigenvalue weighted by atomic mass is 16.5. The molecule has 29 heavy (non-hydrogen) atoms. The number of carbonyl (C=O) groups excluding carboxylic acids is 1. The highest BCUT2D eigenvalue weighted by Gasteiger charge is 2.23. The molecule has 0 radical (unpaired) electrons. The Balaban J connectivity index is 1.67. The molecule has 1 aliphatic heterocycles. The van der Waals surface area contributed by atoms with Crippen LogP contribution in [-0.2, 0) is 16.0 Å². The fourth-order valence-corrected chi connectivity index (χ4v) is 3.13. The van der Waals surface area contributed by atoms with Crippen molar-refractivity contribution in [2.75, 3.05) is 27.4 Å². The lowest BCUT2D eigenvalue weighted by Gasteiger charge is -2.19. The summed E-state index contributed by atoms with van der Waals surface area (Å²) in [6, 6.07) is 12.6. The Morgan fingerprint density at radius 3 is 2.69 bits per heavy atom. The Hall–Kier alpha value is -3.48. The number of fused-ring (bicyclic) bond motifs is 1. The molecule has 7 nitrogen and oxygen atoms in total. The molecule has 0 saturated heterocycles. The summed E-state index contributed by atoms with van der Waals surface area (Å²) in [6.07, 6.45) is 1.97. The van der Waals surface area contributed by atoms with E-state index in [-0.39, 0.29) is 25.5 Å². The molecule has 0 saturated carbocycles. The summed E-state index contributed by atoms with van der Waals surface area (Å²) < 4.78 is 16.1. The molecule has 2 N–H and O–H groups in total. The average Bonchev–Trinajstić information content (AvgIpc) is 2.75. The van der Waals surface area contributed by atoms with Crippen LogP contribution in [0.15, 0.2) is 48.0 Å². The summed E-state index contributed by atoms with van der Waals surface area (Å²) >= 11 is 0. The van der Waals surface area contributed by atoms with Crippen molar-refractivity contribution < 1.29 is 28.9 Å². The second kappa shape index (κ2) is 9.14. The zero-order valence-corrected chi connectivity index (χ0v) is 16.3. The predicted octanol–water partition coefficient (Wildman–Crippen LogP) is 2.54. The maximum absolute atomic E-state index is 12.6. The molecular weight excluding hydrogens is 374 g/mol. The van der Waals surface area contributed by atoms with Gasteiger partial charge >= 0.3 is 5.97 Å². The number of para-hydroxylation sites is 1. The number of benzene rings is 2. The fraction of sp³-hybridized carbons (Fsp3) is 0.273. The van der Waals surface area contributed by atoms with E-state index in [9.17, 15) is 14.7 Å². The number of rotatable bonds is 8. The number of aliphatic carboxylic acids is 1. The number of carbonyl (C=O) groups is 2. The number of nitrogens with one attached hydrogen (secondary N) is 1. The first-order valence-electron chi connectivity index (χ1n) is 9.16. The van der Waals surface area contributed by atoms with Crippen molar-refractivity contribution in [1.82, 2.24) is 5.32 Å². The molecule has 0 aromatic heterocycles. The number of methoxy groups -OCH3 is 2.